The number of rotatable bonds is 2. The highest BCUT2D eigenvalue weighted by molar-refractivity contribution is 14.1. The van der Waals surface area contributed by atoms with Crippen LogP contribution in [0.15, 0.2) is 24.8 Å². The van der Waals surface area contributed by atoms with E-state index in [-0.39, 0.29) is 3.57 Å². The highest BCUT2D eigenvalue weighted by Crippen LogP contribution is 2.20. The molecule has 0 saturated carbocycles. The fourth-order valence-electron chi connectivity index (χ4n) is 0.904. The van der Waals surface area contributed by atoms with E-state index in [9.17, 15) is 8.78 Å². The SMILES string of the molecule is C=C[C@@H](N)c1cc(F)c(I)c(F)c1. The Morgan fingerprint density at radius 1 is 1.38 bits per heavy atom. The van der Waals surface area contributed by atoms with Crippen molar-refractivity contribution in [2.24, 2.45) is 5.73 Å². The van der Waals surface area contributed by atoms with Crippen LogP contribution in [-0.4, -0.2) is 0 Å². The third-order valence-corrected chi connectivity index (χ3v) is 2.68. The van der Waals surface area contributed by atoms with Crippen LogP contribution in [0.4, 0.5) is 8.78 Å². The van der Waals surface area contributed by atoms with Crippen molar-refractivity contribution >= 4 is 22.6 Å². The van der Waals surface area contributed by atoms with Gasteiger partial charge < -0.3 is 5.73 Å². The topological polar surface area (TPSA) is 26.0 Å². The summed E-state index contributed by atoms with van der Waals surface area (Å²) in [5.41, 5.74) is 5.92. The lowest BCUT2D eigenvalue weighted by molar-refractivity contribution is 0.565. The maximum Gasteiger partial charge on any atom is 0.139 e. The first kappa shape index (κ1) is 10.6. The summed E-state index contributed by atoms with van der Waals surface area (Å²) in [4.78, 5) is 0. The Morgan fingerprint density at radius 3 is 2.23 bits per heavy atom. The van der Waals surface area contributed by atoms with Crippen molar-refractivity contribution < 1.29 is 8.78 Å². The van der Waals surface area contributed by atoms with E-state index in [1.165, 1.54) is 18.2 Å². The van der Waals surface area contributed by atoms with Gasteiger partial charge in [-0.15, -0.1) is 6.58 Å². The number of benzene rings is 1. The molecular weight excluding hydrogens is 287 g/mol. The van der Waals surface area contributed by atoms with E-state index in [0.29, 0.717) is 5.56 Å². The van der Waals surface area contributed by atoms with Crippen LogP contribution in [0.2, 0.25) is 0 Å². The molecule has 2 N–H and O–H groups in total. The molecule has 0 heterocycles. The van der Waals surface area contributed by atoms with Crippen LogP contribution in [-0.2, 0) is 0 Å². The van der Waals surface area contributed by atoms with E-state index in [4.69, 9.17) is 5.73 Å². The van der Waals surface area contributed by atoms with Crippen LogP contribution in [0, 0.1) is 15.2 Å². The van der Waals surface area contributed by atoms with Crippen LogP contribution in [0.25, 0.3) is 0 Å². The van der Waals surface area contributed by atoms with Crippen LogP contribution in [0.5, 0.6) is 0 Å². The van der Waals surface area contributed by atoms with Crippen molar-refractivity contribution in [2.75, 3.05) is 0 Å². The Labute approximate surface area is 88.8 Å². The van der Waals surface area contributed by atoms with Crippen LogP contribution >= 0.6 is 22.6 Å². The van der Waals surface area contributed by atoms with Gasteiger partial charge in [0.25, 0.3) is 0 Å². The minimum Gasteiger partial charge on any atom is -0.321 e. The van der Waals surface area contributed by atoms with E-state index in [0.717, 1.165) is 0 Å². The Morgan fingerprint density at radius 2 is 1.85 bits per heavy atom. The summed E-state index contributed by atoms with van der Waals surface area (Å²) in [5.74, 6) is -1.18. The van der Waals surface area contributed by atoms with Crippen molar-refractivity contribution in [3.63, 3.8) is 0 Å². The fraction of sp³-hybridized carbons (Fsp3) is 0.111. The van der Waals surface area contributed by atoms with E-state index in [1.807, 2.05) is 0 Å². The molecule has 0 amide bonds. The zero-order valence-corrected chi connectivity index (χ0v) is 8.89. The second-order valence-electron chi connectivity index (χ2n) is 2.56. The molecule has 0 saturated heterocycles. The van der Waals surface area contributed by atoms with Gasteiger partial charge in [-0.2, -0.15) is 0 Å². The summed E-state index contributed by atoms with van der Waals surface area (Å²) in [6, 6.07) is 1.91. The number of nitrogens with two attached hydrogens (primary N) is 1. The lowest BCUT2D eigenvalue weighted by Crippen LogP contribution is -2.08. The molecule has 0 aliphatic rings. The van der Waals surface area contributed by atoms with Gasteiger partial charge in [0.1, 0.15) is 11.6 Å². The molecule has 13 heavy (non-hydrogen) atoms. The van der Waals surface area contributed by atoms with Gasteiger partial charge in [0.05, 0.1) is 3.57 Å². The second kappa shape index (κ2) is 4.15. The predicted molar refractivity (Wildman–Crippen MR) is 56.2 cm³/mol. The van der Waals surface area contributed by atoms with Gasteiger partial charge >= 0.3 is 0 Å². The van der Waals surface area contributed by atoms with E-state index in [2.05, 4.69) is 6.58 Å². The average Bonchev–Trinajstić information content (AvgIpc) is 2.12. The van der Waals surface area contributed by atoms with E-state index >= 15 is 0 Å². The smallest absolute Gasteiger partial charge is 0.139 e. The standard InChI is InChI=1S/C9H8F2IN/c1-2-8(13)5-3-6(10)9(12)7(11)4-5/h2-4,8H,1,13H2/t8-/m1/s1. The number of hydrogen-bond acceptors (Lipinski definition) is 1. The Bertz CT molecular complexity index is 315. The predicted octanol–water partition coefficient (Wildman–Crippen LogP) is 2.76. The van der Waals surface area contributed by atoms with Crippen LogP contribution in [0.1, 0.15) is 11.6 Å². The van der Waals surface area contributed by atoms with Crippen molar-refractivity contribution in [3.8, 4) is 0 Å². The van der Waals surface area contributed by atoms with Crippen LogP contribution < -0.4 is 5.73 Å². The maximum atomic E-state index is 13.0. The molecule has 0 fully saturated rings. The fourth-order valence-corrected chi connectivity index (χ4v) is 1.22. The number of halogens is 3. The summed E-state index contributed by atoms with van der Waals surface area (Å²) in [6.45, 7) is 3.45. The number of hydrogen-bond donors (Lipinski definition) is 1. The van der Waals surface area contributed by atoms with Crippen molar-refractivity contribution in [2.45, 2.75) is 6.04 Å². The molecule has 0 spiro atoms. The Hall–Kier alpha value is -0.490. The zero-order chi connectivity index (χ0) is 10.0. The summed E-state index contributed by atoms with van der Waals surface area (Å²) in [5, 5.41) is 0. The molecule has 0 aromatic heterocycles. The highest BCUT2D eigenvalue weighted by Gasteiger charge is 2.10. The molecule has 1 nitrogen and oxygen atoms in total. The summed E-state index contributed by atoms with van der Waals surface area (Å²) in [6.07, 6.45) is 1.43. The van der Waals surface area contributed by atoms with Gasteiger partial charge in [0, 0.05) is 6.04 Å². The van der Waals surface area contributed by atoms with Crippen molar-refractivity contribution in [1.82, 2.24) is 0 Å². The van der Waals surface area contributed by atoms with E-state index < -0.39 is 17.7 Å². The maximum absolute atomic E-state index is 13.0. The first-order valence-electron chi connectivity index (χ1n) is 3.59. The largest absolute Gasteiger partial charge is 0.321 e. The second-order valence-corrected chi connectivity index (χ2v) is 3.64. The quantitative estimate of drug-likeness (QED) is 0.507. The molecular formula is C9H8F2IN. The summed E-state index contributed by atoms with van der Waals surface area (Å²) in [7, 11) is 0. The molecule has 4 heteroatoms. The molecule has 0 aliphatic heterocycles. The normalized spacial score (nSPS) is 12.6. The molecule has 1 aromatic rings. The molecule has 1 rings (SSSR count). The van der Waals surface area contributed by atoms with Gasteiger partial charge in [0.2, 0.25) is 0 Å². The molecule has 0 unspecified atom stereocenters. The molecule has 1 atom stereocenters. The minimum atomic E-state index is -0.590. The lowest BCUT2D eigenvalue weighted by Gasteiger charge is -2.07. The first-order valence-corrected chi connectivity index (χ1v) is 4.66. The van der Waals surface area contributed by atoms with Crippen molar-refractivity contribution in [3.05, 3.63) is 45.6 Å². The average molecular weight is 295 g/mol. The summed E-state index contributed by atoms with van der Waals surface area (Å²) >= 11 is 1.60. The summed E-state index contributed by atoms with van der Waals surface area (Å²) < 4.78 is 26.0. The molecule has 0 aliphatic carbocycles. The monoisotopic (exact) mass is 295 g/mol. The van der Waals surface area contributed by atoms with E-state index in [1.54, 1.807) is 22.6 Å². The van der Waals surface area contributed by atoms with Gasteiger partial charge in [-0.05, 0) is 40.3 Å². The van der Waals surface area contributed by atoms with Gasteiger partial charge in [-0.3, -0.25) is 0 Å². The zero-order valence-electron chi connectivity index (χ0n) is 6.73. The lowest BCUT2D eigenvalue weighted by atomic mass is 10.1. The third-order valence-electron chi connectivity index (χ3n) is 1.64. The Balaban J connectivity index is 3.20. The van der Waals surface area contributed by atoms with Gasteiger partial charge in [0.15, 0.2) is 0 Å². The molecule has 0 bridgehead atoms. The Kier molecular flexibility index (Phi) is 3.38. The molecule has 0 radical (unpaired) electrons. The van der Waals surface area contributed by atoms with Gasteiger partial charge in [-0.25, -0.2) is 8.78 Å². The molecule has 70 valence electrons. The highest BCUT2D eigenvalue weighted by atomic mass is 127. The molecule has 1 aromatic carbocycles. The van der Waals surface area contributed by atoms with Crippen LogP contribution in [0.3, 0.4) is 0 Å². The third kappa shape index (κ3) is 2.25. The van der Waals surface area contributed by atoms with Crippen molar-refractivity contribution in [1.29, 1.82) is 0 Å². The van der Waals surface area contributed by atoms with Gasteiger partial charge in [-0.1, -0.05) is 6.08 Å². The first-order chi connectivity index (χ1) is 6.06. The minimum absolute atomic E-state index is 0.0161.